The molecule has 0 spiro atoms. The van der Waals surface area contributed by atoms with E-state index >= 15 is 0 Å². The third-order valence-electron chi connectivity index (χ3n) is 3.31. The molecule has 0 radical (unpaired) electrons. The van der Waals surface area contributed by atoms with E-state index < -0.39 is 0 Å². The van der Waals surface area contributed by atoms with Crippen molar-refractivity contribution in [1.82, 2.24) is 9.78 Å². The molecule has 0 saturated heterocycles. The summed E-state index contributed by atoms with van der Waals surface area (Å²) in [4.78, 5) is 11.9. The molecule has 0 bridgehead atoms. The fraction of sp³-hybridized carbons (Fsp3) is 0.667. The molecule has 1 saturated carbocycles. The number of Topliss-reactive ketones (excluding diaryl/α,β-unsaturated/α-hetero) is 1. The maximum absolute atomic E-state index is 11.9. The highest BCUT2D eigenvalue weighted by Crippen LogP contribution is 2.30. The monoisotopic (exact) mass is 221 g/mol. The third kappa shape index (κ3) is 2.70. The smallest absolute Gasteiger partial charge is 0.139 e. The van der Waals surface area contributed by atoms with Gasteiger partial charge in [0.15, 0.2) is 0 Å². The van der Waals surface area contributed by atoms with E-state index in [4.69, 9.17) is 5.73 Å². The van der Waals surface area contributed by atoms with Gasteiger partial charge in [0.25, 0.3) is 0 Å². The van der Waals surface area contributed by atoms with Crippen LogP contribution in [0, 0.1) is 0 Å². The van der Waals surface area contributed by atoms with Crippen LogP contribution in [-0.4, -0.2) is 21.1 Å². The number of hydrogen-bond acceptors (Lipinski definition) is 3. The summed E-state index contributed by atoms with van der Waals surface area (Å²) in [6, 6.07) is 0. The Labute approximate surface area is 95.8 Å². The second kappa shape index (κ2) is 4.37. The molecule has 2 rings (SSSR count). The number of carbonyl (C=O) groups is 1. The first-order valence-electron chi connectivity index (χ1n) is 5.86. The van der Waals surface area contributed by atoms with Crippen molar-refractivity contribution in [3.63, 3.8) is 0 Å². The summed E-state index contributed by atoms with van der Waals surface area (Å²) in [6.07, 6.45) is 8.92. The lowest BCUT2D eigenvalue weighted by Crippen LogP contribution is -2.39. The molecule has 0 aliphatic heterocycles. The van der Waals surface area contributed by atoms with Gasteiger partial charge in [-0.3, -0.25) is 9.48 Å². The third-order valence-corrected chi connectivity index (χ3v) is 3.31. The van der Waals surface area contributed by atoms with Gasteiger partial charge in [-0.1, -0.05) is 12.8 Å². The Kier molecular flexibility index (Phi) is 3.10. The molecule has 1 aliphatic rings. The summed E-state index contributed by atoms with van der Waals surface area (Å²) >= 11 is 0. The van der Waals surface area contributed by atoms with E-state index in [2.05, 4.69) is 5.10 Å². The fourth-order valence-corrected chi connectivity index (χ4v) is 2.50. The maximum Gasteiger partial charge on any atom is 0.139 e. The van der Waals surface area contributed by atoms with Gasteiger partial charge in [0.05, 0.1) is 6.20 Å². The van der Waals surface area contributed by atoms with Crippen LogP contribution in [0.3, 0.4) is 0 Å². The zero-order chi connectivity index (χ0) is 11.6. The van der Waals surface area contributed by atoms with Gasteiger partial charge in [-0.2, -0.15) is 5.10 Å². The number of aryl methyl sites for hydroxylation is 1. The predicted octanol–water partition coefficient (Wildman–Crippen LogP) is 1.19. The number of ketones is 1. The van der Waals surface area contributed by atoms with Crippen molar-refractivity contribution >= 4 is 5.78 Å². The van der Waals surface area contributed by atoms with E-state index in [0.29, 0.717) is 12.8 Å². The maximum atomic E-state index is 11.9. The second-order valence-corrected chi connectivity index (χ2v) is 4.98. The molecule has 88 valence electrons. The van der Waals surface area contributed by atoms with Crippen molar-refractivity contribution in [3.8, 4) is 0 Å². The molecular weight excluding hydrogens is 202 g/mol. The molecule has 2 N–H and O–H groups in total. The van der Waals surface area contributed by atoms with E-state index in [1.165, 1.54) is 0 Å². The summed E-state index contributed by atoms with van der Waals surface area (Å²) in [7, 11) is 1.86. The van der Waals surface area contributed by atoms with Crippen molar-refractivity contribution in [3.05, 3.63) is 18.0 Å². The number of nitrogens with two attached hydrogens (primary N) is 1. The summed E-state index contributed by atoms with van der Waals surface area (Å²) < 4.78 is 1.72. The number of aromatic nitrogens is 2. The summed E-state index contributed by atoms with van der Waals surface area (Å²) in [5.74, 6) is 0.234. The van der Waals surface area contributed by atoms with Crippen LogP contribution in [0.25, 0.3) is 0 Å². The molecule has 0 unspecified atom stereocenters. The molecule has 0 amide bonds. The first kappa shape index (κ1) is 11.3. The average molecular weight is 221 g/mol. The Morgan fingerprint density at radius 3 is 2.81 bits per heavy atom. The molecular formula is C12H19N3O. The van der Waals surface area contributed by atoms with Gasteiger partial charge in [0, 0.05) is 31.6 Å². The lowest BCUT2D eigenvalue weighted by Gasteiger charge is -2.22. The molecule has 1 aliphatic carbocycles. The Hall–Kier alpha value is -1.16. The Morgan fingerprint density at radius 1 is 1.56 bits per heavy atom. The van der Waals surface area contributed by atoms with E-state index in [9.17, 15) is 4.79 Å². The standard InChI is InChI=1S/C12H19N3O/c1-15-9-10(8-14-15)6-11(16)7-12(13)4-2-3-5-12/h8-9H,2-7,13H2,1H3. The molecule has 1 aromatic heterocycles. The van der Waals surface area contributed by atoms with Gasteiger partial charge < -0.3 is 5.73 Å². The van der Waals surface area contributed by atoms with Crippen molar-refractivity contribution < 1.29 is 4.79 Å². The summed E-state index contributed by atoms with van der Waals surface area (Å²) in [5.41, 5.74) is 6.93. The largest absolute Gasteiger partial charge is 0.325 e. The van der Waals surface area contributed by atoms with Gasteiger partial charge >= 0.3 is 0 Å². The van der Waals surface area contributed by atoms with Crippen LogP contribution in [0.4, 0.5) is 0 Å². The normalized spacial score (nSPS) is 18.9. The van der Waals surface area contributed by atoms with Crippen LogP contribution < -0.4 is 5.73 Å². The van der Waals surface area contributed by atoms with E-state index in [1.54, 1.807) is 10.9 Å². The first-order chi connectivity index (χ1) is 7.57. The number of rotatable bonds is 4. The molecule has 16 heavy (non-hydrogen) atoms. The summed E-state index contributed by atoms with van der Waals surface area (Å²) in [5, 5.41) is 4.05. The van der Waals surface area contributed by atoms with Gasteiger partial charge in [0.2, 0.25) is 0 Å². The van der Waals surface area contributed by atoms with E-state index in [0.717, 1.165) is 31.2 Å². The highest BCUT2D eigenvalue weighted by Gasteiger charge is 2.31. The molecule has 0 aromatic carbocycles. The molecule has 1 heterocycles. The van der Waals surface area contributed by atoms with Crippen LogP contribution in [0.5, 0.6) is 0 Å². The van der Waals surface area contributed by atoms with Crippen LogP contribution >= 0.6 is 0 Å². The van der Waals surface area contributed by atoms with Crippen molar-refractivity contribution in [1.29, 1.82) is 0 Å². The molecule has 1 aromatic rings. The minimum Gasteiger partial charge on any atom is -0.325 e. The first-order valence-corrected chi connectivity index (χ1v) is 5.86. The quantitative estimate of drug-likeness (QED) is 0.830. The minimum atomic E-state index is -0.223. The number of hydrogen-bond donors (Lipinski definition) is 1. The Bertz CT molecular complexity index is 377. The second-order valence-electron chi connectivity index (χ2n) is 4.98. The van der Waals surface area contributed by atoms with Crippen molar-refractivity contribution in [2.45, 2.75) is 44.1 Å². The molecule has 4 heteroatoms. The van der Waals surface area contributed by atoms with Gasteiger partial charge in [-0.15, -0.1) is 0 Å². The minimum absolute atomic E-state index is 0.223. The number of nitrogens with zero attached hydrogens (tertiary/aromatic N) is 2. The van der Waals surface area contributed by atoms with Crippen LogP contribution in [0.2, 0.25) is 0 Å². The van der Waals surface area contributed by atoms with Gasteiger partial charge in [-0.05, 0) is 18.4 Å². The lowest BCUT2D eigenvalue weighted by atomic mass is 9.91. The fourth-order valence-electron chi connectivity index (χ4n) is 2.50. The SMILES string of the molecule is Cn1cc(CC(=O)CC2(N)CCCC2)cn1. The Morgan fingerprint density at radius 2 is 2.25 bits per heavy atom. The highest BCUT2D eigenvalue weighted by molar-refractivity contribution is 5.81. The van der Waals surface area contributed by atoms with E-state index in [-0.39, 0.29) is 11.3 Å². The topological polar surface area (TPSA) is 60.9 Å². The summed E-state index contributed by atoms with van der Waals surface area (Å²) in [6.45, 7) is 0. The zero-order valence-electron chi connectivity index (χ0n) is 9.78. The number of carbonyl (C=O) groups excluding carboxylic acids is 1. The highest BCUT2D eigenvalue weighted by atomic mass is 16.1. The lowest BCUT2D eigenvalue weighted by molar-refractivity contribution is -0.119. The average Bonchev–Trinajstić information content (AvgIpc) is 2.75. The van der Waals surface area contributed by atoms with E-state index in [1.807, 2.05) is 13.2 Å². The van der Waals surface area contributed by atoms with Crippen LogP contribution in [-0.2, 0) is 18.3 Å². The van der Waals surface area contributed by atoms with Crippen molar-refractivity contribution in [2.24, 2.45) is 12.8 Å². The van der Waals surface area contributed by atoms with Crippen LogP contribution in [0.15, 0.2) is 12.4 Å². The molecule has 1 fully saturated rings. The molecule has 4 nitrogen and oxygen atoms in total. The zero-order valence-corrected chi connectivity index (χ0v) is 9.78. The predicted molar refractivity (Wildman–Crippen MR) is 61.9 cm³/mol. The van der Waals surface area contributed by atoms with Crippen LogP contribution in [0.1, 0.15) is 37.7 Å². The van der Waals surface area contributed by atoms with Crippen molar-refractivity contribution in [2.75, 3.05) is 0 Å². The molecule has 0 atom stereocenters. The van der Waals surface area contributed by atoms with Gasteiger partial charge in [-0.25, -0.2) is 0 Å². The van der Waals surface area contributed by atoms with Gasteiger partial charge in [0.1, 0.15) is 5.78 Å². The Balaban J connectivity index is 1.89.